The summed E-state index contributed by atoms with van der Waals surface area (Å²) in [5.41, 5.74) is 38.5. The van der Waals surface area contributed by atoms with E-state index in [1.165, 1.54) is 24.3 Å². The van der Waals surface area contributed by atoms with E-state index < -0.39 is 272 Å². The van der Waals surface area contributed by atoms with Crippen molar-refractivity contribution < 1.29 is 121 Å². The van der Waals surface area contributed by atoms with Gasteiger partial charge in [0, 0.05) is 49.1 Å². The molecule has 666 valence electrons. The monoisotopic (exact) mass is 1790 g/mol. The first-order valence-electron chi connectivity index (χ1n) is 36.8. The predicted molar refractivity (Wildman–Crippen MR) is 436 cm³/mol. The summed E-state index contributed by atoms with van der Waals surface area (Å²) in [5.74, 6) is -27.2. The number of aliphatic imine (C=N–C) groups is 1. The van der Waals surface area contributed by atoms with Gasteiger partial charge in [-0.2, -0.15) is 62.3 Å². The number of carbonyl (C=O) groups is 21. The fourth-order valence-electron chi connectivity index (χ4n) is 11.8. The number of likely N-dealkylation sites (tertiary alicyclic amines) is 2. The molecule has 53 heteroatoms. The zero-order valence-corrected chi connectivity index (χ0v) is 69.1. The van der Waals surface area contributed by atoms with Crippen LogP contribution >= 0.6 is 62.3 Å². The number of aromatic hydroxyl groups is 1. The summed E-state index contributed by atoms with van der Waals surface area (Å²) in [5, 5.41) is 69.3. The second-order valence-corrected chi connectivity index (χ2v) is 29.5. The molecule has 0 bridgehead atoms. The largest absolute Gasteiger partial charge is 0.508 e. The van der Waals surface area contributed by atoms with Gasteiger partial charge in [0.25, 0.3) is 0 Å². The maximum absolute atomic E-state index is 14.6. The van der Waals surface area contributed by atoms with Crippen molar-refractivity contribution in [1.82, 2.24) is 78.9 Å². The van der Waals surface area contributed by atoms with E-state index in [-0.39, 0.29) is 100.0 Å². The number of aliphatic carboxylic acids is 2. The molecule has 120 heavy (non-hydrogen) atoms. The van der Waals surface area contributed by atoms with Gasteiger partial charge < -0.3 is 139 Å². The van der Waals surface area contributed by atoms with Crippen LogP contribution in [0.3, 0.4) is 0 Å². The highest BCUT2D eigenvalue weighted by molar-refractivity contribution is 7.98. The van der Waals surface area contributed by atoms with Gasteiger partial charge in [0.1, 0.15) is 96.4 Å². The van der Waals surface area contributed by atoms with E-state index in [0.717, 1.165) is 21.6 Å². The number of amides is 19. The van der Waals surface area contributed by atoms with Crippen LogP contribution in [0.4, 0.5) is 0 Å². The number of phenolic OH excluding ortho intramolecular Hbond substituents is 1. The number of carboxylic acids is 2. The van der Waals surface area contributed by atoms with Gasteiger partial charge in [-0.3, -0.25) is 106 Å². The third-order valence-corrected chi connectivity index (χ3v) is 20.0. The number of thioether (sulfide) groups is 1. The minimum atomic E-state index is -2.06. The maximum atomic E-state index is 14.6. The van der Waals surface area contributed by atoms with Gasteiger partial charge >= 0.3 is 11.9 Å². The number of phenols is 1. The minimum Gasteiger partial charge on any atom is -0.508 e. The molecular formula is C67H103N23O25S5. The number of rotatable bonds is 53. The standard InChI is InChI=1S/C67H103N23O25S5/c1-120-16-12-31(53(102)80-35(19-47(70)94)56(105)84-38(20-48(71)95)66(115)90-15-4-6-44(90)63(112)83-37(22-51(99)100)58(107)79-33(17-29-8-10-30(92)11-9-29)54(103)86-40(25-116)52(72)101)77-55(104)34(18-46(69)93)81-61(110)43(28-119)88-64(113)45-7-3-14-89(45)65(114)32(5-2-13-75-67(73)74)78-57(106)36(21-50(97)98)82-59(108)39(24-91)85-62(111)42(27-118)87-60(109)41(26-117)76-49(96)23-68/h8-11,31-45,91-92,116-119H,2-7,12-28,68H2,1H3,(H2,69,93)(H2,70,94)(H2,71,95)(H2,72,101)(H,76,96)(H,77,104)(H,78,106)(H,79,107)(H,80,102)(H,81,110)(H,82,108)(H,83,112)(H,84,105)(H,85,111)(H,86,103)(H,87,109)(H,88,113)(H,97,98)(H,99,100)(H4,73,74,75)/t31-,32-,33-,34-,35-,36-,37-,38-,39-,40-,41-,42-,43-,44-,45-/m0/s1. The average Bonchev–Trinajstić information content (AvgIpc) is 1.75. The number of hydrogen-bond acceptors (Lipinski definition) is 30. The zero-order valence-electron chi connectivity index (χ0n) is 64.7. The van der Waals surface area contributed by atoms with Crippen molar-refractivity contribution in [3.05, 3.63) is 29.8 Å². The van der Waals surface area contributed by atoms with Crippen molar-refractivity contribution in [2.45, 2.75) is 174 Å². The highest BCUT2D eigenvalue weighted by Gasteiger charge is 2.44. The summed E-state index contributed by atoms with van der Waals surface area (Å²) in [6.07, 6.45) is -4.87. The Balaban J connectivity index is 1.87. The van der Waals surface area contributed by atoms with Crippen LogP contribution in [-0.4, -0.2) is 319 Å². The number of carboxylic acid groups (broad SMARTS) is 2. The number of nitrogens with zero attached hydrogens (tertiary/aromatic N) is 3. The molecule has 2 heterocycles. The number of guanidine groups is 1. The molecule has 0 radical (unpaired) electrons. The zero-order chi connectivity index (χ0) is 90.4. The van der Waals surface area contributed by atoms with Crippen molar-refractivity contribution in [3.63, 3.8) is 0 Å². The summed E-state index contributed by atoms with van der Waals surface area (Å²) in [6, 6.07) is -20.6. The molecule has 2 saturated heterocycles. The first-order valence-corrected chi connectivity index (χ1v) is 40.7. The predicted octanol–water partition coefficient (Wildman–Crippen LogP) is -13.2. The lowest BCUT2D eigenvalue weighted by Gasteiger charge is -2.31. The molecule has 2 fully saturated rings. The van der Waals surface area contributed by atoms with Gasteiger partial charge in [-0.25, -0.2) is 0 Å². The van der Waals surface area contributed by atoms with Crippen LogP contribution in [0, 0.1) is 0 Å². The van der Waals surface area contributed by atoms with Gasteiger partial charge in [0.15, 0.2) is 5.96 Å². The fraction of sp³-hybridized carbons (Fsp3) is 0.582. The molecule has 2 aliphatic heterocycles. The lowest BCUT2D eigenvalue weighted by Crippen LogP contribution is -2.62. The Kier molecular flexibility index (Phi) is 44.6. The van der Waals surface area contributed by atoms with Crippen molar-refractivity contribution >= 4 is 192 Å². The number of aliphatic hydroxyl groups is 1. The van der Waals surface area contributed by atoms with Crippen LogP contribution in [0.1, 0.15) is 82.6 Å². The SMILES string of the molecule is CSCC[C@H](NC(=O)[C@H](CC(N)=O)NC(=O)[C@H](CS)NC(=O)[C@@H]1CCCN1C(=O)[C@H](CCCN=C(N)N)NC(=O)[C@H](CC(=O)O)NC(=O)[C@H](CO)NC(=O)[C@H](CS)NC(=O)[C@H](CS)NC(=O)CN)C(=O)N[C@@H](CC(N)=O)C(=O)N[C@@H](CC(N)=O)C(=O)N1CCC[C@H]1C(=O)N[C@@H](CC(=O)O)C(=O)N[C@@H](Cc1ccc(O)cc1)C(=O)N[C@@H](CS)C(N)=O. The molecule has 19 amide bonds. The van der Waals surface area contributed by atoms with Crippen LogP contribution in [0.25, 0.3) is 0 Å². The molecular weight excluding hydrogens is 1690 g/mol. The summed E-state index contributed by atoms with van der Waals surface area (Å²) < 4.78 is 0. The van der Waals surface area contributed by atoms with E-state index in [9.17, 15) is 121 Å². The van der Waals surface area contributed by atoms with Crippen molar-refractivity contribution in [1.29, 1.82) is 0 Å². The molecule has 15 atom stereocenters. The molecule has 3 rings (SSSR count). The van der Waals surface area contributed by atoms with Crippen LogP contribution in [0.15, 0.2) is 29.3 Å². The number of benzene rings is 1. The van der Waals surface area contributed by atoms with E-state index in [1.807, 2.05) is 0 Å². The number of nitrogens with two attached hydrogens (primary N) is 7. The Morgan fingerprint density at radius 3 is 1.21 bits per heavy atom. The highest BCUT2D eigenvalue weighted by atomic mass is 32.2. The number of primary amides is 4. The second kappa shape index (κ2) is 52.0. The van der Waals surface area contributed by atoms with Crippen LogP contribution in [-0.2, 0) is 107 Å². The van der Waals surface area contributed by atoms with E-state index >= 15 is 0 Å². The molecule has 0 spiro atoms. The summed E-state index contributed by atoms with van der Waals surface area (Å²) in [4.78, 5) is 287. The smallest absolute Gasteiger partial charge is 0.305 e. The van der Waals surface area contributed by atoms with Crippen LogP contribution in [0.5, 0.6) is 5.75 Å². The molecule has 0 unspecified atom stereocenters. The Morgan fingerprint density at radius 1 is 0.442 bits per heavy atom. The Labute approximate surface area is 711 Å². The average molecular weight is 1790 g/mol. The number of nitrogens with one attached hydrogen (secondary N) is 13. The topological polar surface area (TPSA) is 797 Å². The van der Waals surface area contributed by atoms with Gasteiger partial charge in [-0.1, -0.05) is 12.1 Å². The highest BCUT2D eigenvalue weighted by Crippen LogP contribution is 2.23. The third kappa shape index (κ3) is 34.6. The normalized spacial score (nSPS) is 16.7. The first-order chi connectivity index (χ1) is 56.6. The van der Waals surface area contributed by atoms with Crippen LogP contribution < -0.4 is 109 Å². The first kappa shape index (κ1) is 103. The lowest BCUT2D eigenvalue weighted by molar-refractivity contribution is -0.145. The van der Waals surface area contributed by atoms with E-state index in [4.69, 9.17) is 40.1 Å². The molecule has 48 nitrogen and oxygen atoms in total. The quantitative estimate of drug-likeness (QED) is 0.0125. The number of aliphatic hydroxyl groups excluding tert-OH is 1. The van der Waals surface area contributed by atoms with E-state index in [1.54, 1.807) is 6.26 Å². The van der Waals surface area contributed by atoms with Crippen molar-refractivity contribution in [3.8, 4) is 5.75 Å². The molecule has 31 N–H and O–H groups in total. The van der Waals surface area contributed by atoms with E-state index in [0.29, 0.717) is 5.56 Å². The van der Waals surface area contributed by atoms with Gasteiger partial charge in [-0.05, 0) is 74.7 Å². The van der Waals surface area contributed by atoms with Crippen molar-refractivity contribution in [2.75, 3.05) is 67.8 Å². The molecule has 0 saturated carbocycles. The van der Waals surface area contributed by atoms with Gasteiger partial charge in [0.05, 0.1) is 45.3 Å². The Morgan fingerprint density at radius 2 is 0.783 bits per heavy atom. The van der Waals surface area contributed by atoms with Crippen LogP contribution in [0.2, 0.25) is 0 Å². The summed E-state index contributed by atoms with van der Waals surface area (Å²) in [6.45, 7) is -2.28. The molecule has 0 aliphatic carbocycles. The fourth-order valence-corrected chi connectivity index (χ4v) is 13.3. The van der Waals surface area contributed by atoms with Crippen molar-refractivity contribution in [2.24, 2.45) is 45.1 Å². The third-order valence-electron chi connectivity index (χ3n) is 17.9. The number of carbonyl (C=O) groups excluding carboxylic acids is 19. The van der Waals surface area contributed by atoms with Gasteiger partial charge in [0.2, 0.25) is 112 Å². The summed E-state index contributed by atoms with van der Waals surface area (Å²) >= 11 is 17.4. The number of thiol groups is 4. The Hall–Kier alpha value is -11.2. The molecule has 2 aliphatic rings. The molecule has 1 aromatic rings. The minimum absolute atomic E-state index is 0.0478. The lowest BCUT2D eigenvalue weighted by atomic mass is 10.0. The molecule has 0 aromatic heterocycles. The van der Waals surface area contributed by atoms with E-state index in [2.05, 4.69) is 125 Å². The summed E-state index contributed by atoms with van der Waals surface area (Å²) in [7, 11) is 0. The van der Waals surface area contributed by atoms with Gasteiger partial charge in [-0.15, -0.1) is 0 Å². The second-order valence-electron chi connectivity index (χ2n) is 27.1. The maximum Gasteiger partial charge on any atom is 0.305 e. The molecule has 1 aromatic carbocycles. The Bertz CT molecular complexity index is 3930. The number of hydrogen-bond donors (Lipinski definition) is 28.